The third-order valence-electron chi connectivity index (χ3n) is 3.09. The second-order valence-electron chi connectivity index (χ2n) is 4.71. The minimum absolute atomic E-state index is 0.150. The number of hydrogen-bond acceptors (Lipinski definition) is 2. The number of anilines is 1. The molecule has 0 aliphatic rings. The Morgan fingerprint density at radius 1 is 1.18 bits per heavy atom. The first kappa shape index (κ1) is 15.8. The summed E-state index contributed by atoms with van der Waals surface area (Å²) in [6.45, 7) is 2.75. The smallest absolute Gasteiger partial charge is 0.319 e. The van der Waals surface area contributed by atoms with Crippen LogP contribution in [0.25, 0.3) is 0 Å². The molecule has 0 unspecified atom stereocenters. The highest BCUT2D eigenvalue weighted by molar-refractivity contribution is 5.89. The van der Waals surface area contributed by atoms with Gasteiger partial charge in [-0.25, -0.2) is 9.18 Å². The van der Waals surface area contributed by atoms with E-state index in [0.717, 1.165) is 12.2 Å². The maximum atomic E-state index is 13.4. The third kappa shape index (κ3) is 4.77. The van der Waals surface area contributed by atoms with Crippen molar-refractivity contribution in [3.63, 3.8) is 0 Å². The van der Waals surface area contributed by atoms with Crippen molar-refractivity contribution in [3.8, 4) is 5.75 Å². The predicted molar refractivity (Wildman–Crippen MR) is 84.7 cm³/mol. The molecule has 2 aromatic carbocycles. The van der Waals surface area contributed by atoms with Crippen molar-refractivity contribution in [2.24, 2.45) is 0 Å². The van der Waals surface area contributed by atoms with Crippen LogP contribution in [-0.2, 0) is 6.42 Å². The summed E-state index contributed by atoms with van der Waals surface area (Å²) >= 11 is 0. The van der Waals surface area contributed by atoms with Crippen LogP contribution in [0.3, 0.4) is 0 Å². The minimum atomic E-state index is -0.467. The van der Waals surface area contributed by atoms with Crippen LogP contribution in [0.2, 0.25) is 0 Å². The maximum absolute atomic E-state index is 13.4. The van der Waals surface area contributed by atoms with Crippen molar-refractivity contribution < 1.29 is 13.9 Å². The fourth-order valence-electron chi connectivity index (χ4n) is 1.92. The summed E-state index contributed by atoms with van der Waals surface area (Å²) in [5, 5.41) is 5.06. The molecule has 0 aliphatic heterocycles. The molecule has 2 N–H and O–H groups in total. The Morgan fingerprint density at radius 2 is 2.00 bits per heavy atom. The quantitative estimate of drug-likeness (QED) is 0.801. The molecule has 116 valence electrons. The lowest BCUT2D eigenvalue weighted by Gasteiger charge is -2.10. The molecule has 2 aromatic rings. The van der Waals surface area contributed by atoms with E-state index in [1.54, 1.807) is 12.1 Å². The number of ether oxygens (including phenoxy) is 1. The number of aryl methyl sites for hydroxylation is 1. The zero-order chi connectivity index (χ0) is 15.8. The van der Waals surface area contributed by atoms with Crippen LogP contribution in [0.1, 0.15) is 12.5 Å². The molecular weight excluding hydrogens is 283 g/mol. The summed E-state index contributed by atoms with van der Waals surface area (Å²) in [5.74, 6) is 0.306. The summed E-state index contributed by atoms with van der Waals surface area (Å²) in [4.78, 5) is 11.6. The van der Waals surface area contributed by atoms with Gasteiger partial charge in [0.15, 0.2) is 0 Å². The van der Waals surface area contributed by atoms with E-state index >= 15 is 0 Å². The van der Waals surface area contributed by atoms with Gasteiger partial charge in [-0.3, -0.25) is 0 Å². The fourth-order valence-corrected chi connectivity index (χ4v) is 1.92. The molecular formula is C17H19FN2O2. The second kappa shape index (κ2) is 8.02. The number of halogens is 1. The number of rotatable bonds is 6. The van der Waals surface area contributed by atoms with Gasteiger partial charge in [-0.05, 0) is 36.2 Å². The molecule has 0 heterocycles. The first-order chi connectivity index (χ1) is 10.7. The summed E-state index contributed by atoms with van der Waals surface area (Å²) in [7, 11) is 0. The number of hydrogen-bond donors (Lipinski definition) is 2. The lowest BCUT2D eigenvalue weighted by Crippen LogP contribution is -2.32. The maximum Gasteiger partial charge on any atom is 0.319 e. The standard InChI is InChI=1S/C17H19FN2O2/c1-2-13-6-5-7-14(12-13)22-11-10-19-17(21)20-16-9-4-3-8-15(16)18/h3-9,12H,2,10-11H2,1H3,(H2,19,20,21). The van der Waals surface area contributed by atoms with Crippen LogP contribution in [-0.4, -0.2) is 19.2 Å². The van der Waals surface area contributed by atoms with E-state index in [4.69, 9.17) is 4.74 Å². The Labute approximate surface area is 129 Å². The van der Waals surface area contributed by atoms with Crippen molar-refractivity contribution in [3.05, 3.63) is 59.9 Å². The highest BCUT2D eigenvalue weighted by Gasteiger charge is 2.05. The number of nitrogens with one attached hydrogen (secondary N) is 2. The molecule has 5 heteroatoms. The first-order valence-electron chi connectivity index (χ1n) is 7.20. The van der Waals surface area contributed by atoms with Crippen LogP contribution in [0.4, 0.5) is 14.9 Å². The molecule has 0 fully saturated rings. The normalized spacial score (nSPS) is 10.1. The van der Waals surface area contributed by atoms with Gasteiger partial charge in [0.2, 0.25) is 0 Å². The summed E-state index contributed by atoms with van der Waals surface area (Å²) in [6.07, 6.45) is 0.945. The van der Waals surface area contributed by atoms with E-state index in [0.29, 0.717) is 13.2 Å². The molecule has 0 saturated heterocycles. The van der Waals surface area contributed by atoms with Crippen molar-refractivity contribution >= 4 is 11.7 Å². The molecule has 4 nitrogen and oxygen atoms in total. The van der Waals surface area contributed by atoms with Crippen molar-refractivity contribution in [1.29, 1.82) is 0 Å². The number of carbonyl (C=O) groups is 1. The average Bonchev–Trinajstić information content (AvgIpc) is 2.54. The fraction of sp³-hybridized carbons (Fsp3) is 0.235. The molecule has 0 saturated carbocycles. The molecule has 22 heavy (non-hydrogen) atoms. The first-order valence-corrected chi connectivity index (χ1v) is 7.20. The van der Waals surface area contributed by atoms with Crippen LogP contribution in [0, 0.1) is 5.82 Å². The van der Waals surface area contributed by atoms with E-state index in [1.165, 1.54) is 17.7 Å². The van der Waals surface area contributed by atoms with Gasteiger partial charge < -0.3 is 15.4 Å². The van der Waals surface area contributed by atoms with Crippen LogP contribution in [0.5, 0.6) is 5.75 Å². The SMILES string of the molecule is CCc1cccc(OCCNC(=O)Nc2ccccc2F)c1. The van der Waals surface area contributed by atoms with E-state index in [9.17, 15) is 9.18 Å². The van der Waals surface area contributed by atoms with Crippen LogP contribution >= 0.6 is 0 Å². The lowest BCUT2D eigenvalue weighted by molar-refractivity contribution is 0.247. The summed E-state index contributed by atoms with van der Waals surface area (Å²) < 4.78 is 18.9. The molecule has 0 aromatic heterocycles. The Kier molecular flexibility index (Phi) is 5.77. The van der Waals surface area contributed by atoms with Gasteiger partial charge in [-0.2, -0.15) is 0 Å². The summed E-state index contributed by atoms with van der Waals surface area (Å²) in [6, 6.07) is 13.4. The number of benzene rings is 2. The van der Waals surface area contributed by atoms with Crippen molar-refractivity contribution in [2.75, 3.05) is 18.5 Å². The summed E-state index contributed by atoms with van der Waals surface area (Å²) in [5.41, 5.74) is 1.35. The Bertz CT molecular complexity index is 632. The van der Waals surface area contributed by atoms with Crippen molar-refractivity contribution in [1.82, 2.24) is 5.32 Å². The monoisotopic (exact) mass is 302 g/mol. The largest absolute Gasteiger partial charge is 0.492 e. The number of amides is 2. The molecule has 2 amide bonds. The van der Waals surface area contributed by atoms with Gasteiger partial charge >= 0.3 is 6.03 Å². The van der Waals surface area contributed by atoms with Gasteiger partial charge in [-0.15, -0.1) is 0 Å². The Balaban J connectivity index is 1.72. The Hall–Kier alpha value is -2.56. The van der Waals surface area contributed by atoms with Crippen LogP contribution < -0.4 is 15.4 Å². The van der Waals surface area contributed by atoms with E-state index < -0.39 is 11.8 Å². The zero-order valence-electron chi connectivity index (χ0n) is 12.4. The number of para-hydroxylation sites is 1. The van der Waals surface area contributed by atoms with Crippen LogP contribution in [0.15, 0.2) is 48.5 Å². The lowest BCUT2D eigenvalue weighted by atomic mass is 10.2. The van der Waals surface area contributed by atoms with E-state index in [-0.39, 0.29) is 5.69 Å². The minimum Gasteiger partial charge on any atom is -0.492 e. The van der Waals surface area contributed by atoms with Gasteiger partial charge in [-0.1, -0.05) is 31.2 Å². The van der Waals surface area contributed by atoms with Gasteiger partial charge in [0.1, 0.15) is 18.2 Å². The third-order valence-corrected chi connectivity index (χ3v) is 3.09. The topological polar surface area (TPSA) is 50.4 Å². The van der Waals surface area contributed by atoms with Gasteiger partial charge in [0, 0.05) is 0 Å². The van der Waals surface area contributed by atoms with Gasteiger partial charge in [0.25, 0.3) is 0 Å². The average molecular weight is 302 g/mol. The predicted octanol–water partition coefficient (Wildman–Crippen LogP) is 3.59. The Morgan fingerprint density at radius 3 is 2.77 bits per heavy atom. The molecule has 0 radical (unpaired) electrons. The van der Waals surface area contributed by atoms with Gasteiger partial charge in [0.05, 0.1) is 12.2 Å². The molecule has 0 aliphatic carbocycles. The number of urea groups is 1. The molecule has 2 rings (SSSR count). The zero-order valence-corrected chi connectivity index (χ0v) is 12.4. The van der Waals surface area contributed by atoms with Crippen molar-refractivity contribution in [2.45, 2.75) is 13.3 Å². The molecule has 0 atom stereocenters. The highest BCUT2D eigenvalue weighted by Crippen LogP contribution is 2.13. The second-order valence-corrected chi connectivity index (χ2v) is 4.71. The number of carbonyl (C=O) groups excluding carboxylic acids is 1. The highest BCUT2D eigenvalue weighted by atomic mass is 19.1. The molecule has 0 spiro atoms. The van der Waals surface area contributed by atoms with E-state index in [1.807, 2.05) is 24.3 Å². The molecule has 0 bridgehead atoms. The van der Waals surface area contributed by atoms with E-state index in [2.05, 4.69) is 17.6 Å².